The third-order valence-corrected chi connectivity index (χ3v) is 4.91. The minimum absolute atomic E-state index is 0.0195. The quantitative estimate of drug-likeness (QED) is 0.832. The van der Waals surface area contributed by atoms with Crippen molar-refractivity contribution < 1.29 is 9.90 Å². The smallest absolute Gasteiger partial charge is 0.177 e. The van der Waals surface area contributed by atoms with Gasteiger partial charge in [0.15, 0.2) is 5.78 Å². The zero-order valence-electron chi connectivity index (χ0n) is 11.6. The van der Waals surface area contributed by atoms with Crippen LogP contribution in [0.4, 0.5) is 10.7 Å². The van der Waals surface area contributed by atoms with Crippen molar-refractivity contribution in [2.75, 3.05) is 30.3 Å². The zero-order valence-corrected chi connectivity index (χ0v) is 12.4. The van der Waals surface area contributed by atoms with Crippen LogP contribution < -0.4 is 10.6 Å². The third kappa shape index (κ3) is 3.09. The second-order valence-electron chi connectivity index (χ2n) is 5.50. The van der Waals surface area contributed by atoms with E-state index in [1.165, 1.54) is 11.3 Å². The van der Waals surface area contributed by atoms with Crippen molar-refractivity contribution >= 4 is 27.8 Å². The first-order valence-electron chi connectivity index (χ1n) is 6.82. The maximum atomic E-state index is 12.0. The minimum Gasteiger partial charge on any atom is -0.397 e. The first-order chi connectivity index (χ1) is 9.02. The number of nitrogen functional groups attached to an aromatic ring is 1. The van der Waals surface area contributed by atoms with Crippen molar-refractivity contribution in [3.8, 4) is 0 Å². The highest BCUT2D eigenvalue weighted by Gasteiger charge is 2.23. The Bertz CT molecular complexity index is 448. The molecule has 0 amide bonds. The van der Waals surface area contributed by atoms with Crippen LogP contribution in [-0.2, 0) is 0 Å². The number of thiophene rings is 1. The van der Waals surface area contributed by atoms with Crippen molar-refractivity contribution in [1.29, 1.82) is 0 Å². The maximum Gasteiger partial charge on any atom is 0.177 e. The number of Topliss-reactive ketones (excluding diaryl/α,β-unsaturated/α-hetero) is 1. The molecule has 1 aromatic rings. The van der Waals surface area contributed by atoms with Gasteiger partial charge in [-0.1, -0.05) is 13.8 Å². The number of aliphatic hydroxyl groups excluding tert-OH is 1. The van der Waals surface area contributed by atoms with Gasteiger partial charge in [0, 0.05) is 25.6 Å². The lowest BCUT2D eigenvalue weighted by atomic mass is 9.98. The molecule has 0 bridgehead atoms. The maximum absolute atomic E-state index is 12.0. The van der Waals surface area contributed by atoms with Crippen molar-refractivity contribution in [3.05, 3.63) is 10.9 Å². The summed E-state index contributed by atoms with van der Waals surface area (Å²) >= 11 is 1.50. The Morgan fingerprint density at radius 3 is 2.68 bits per heavy atom. The van der Waals surface area contributed by atoms with Gasteiger partial charge in [0.1, 0.15) is 0 Å². The minimum atomic E-state index is -0.0195. The van der Waals surface area contributed by atoms with Crippen molar-refractivity contribution in [2.45, 2.75) is 26.7 Å². The molecule has 2 heterocycles. The van der Waals surface area contributed by atoms with Gasteiger partial charge in [0.05, 0.1) is 15.6 Å². The lowest BCUT2D eigenvalue weighted by Gasteiger charge is -2.31. The summed E-state index contributed by atoms with van der Waals surface area (Å²) in [6, 6.07) is 1.92. The lowest BCUT2D eigenvalue weighted by Crippen LogP contribution is -2.34. The van der Waals surface area contributed by atoms with E-state index in [0.717, 1.165) is 30.9 Å². The van der Waals surface area contributed by atoms with Crippen LogP contribution in [0.25, 0.3) is 0 Å². The van der Waals surface area contributed by atoms with E-state index in [0.29, 0.717) is 16.5 Å². The van der Waals surface area contributed by atoms with Gasteiger partial charge in [-0.05, 0) is 24.8 Å². The Labute approximate surface area is 118 Å². The molecule has 0 unspecified atom stereocenters. The predicted molar refractivity (Wildman–Crippen MR) is 79.9 cm³/mol. The standard InChI is InChI=1S/C14H22N2O2S/c1-9(2)13(18)14-11(15)7-12(19-14)16-5-3-10(8-17)4-6-16/h7,9-10,17H,3-6,8,15H2,1-2H3. The molecule has 0 saturated carbocycles. The number of nitrogens with two attached hydrogens (primary N) is 1. The number of aliphatic hydroxyl groups is 1. The molecular formula is C14H22N2O2S. The van der Waals surface area contributed by atoms with Crippen LogP contribution in [0.5, 0.6) is 0 Å². The van der Waals surface area contributed by atoms with Gasteiger partial charge >= 0.3 is 0 Å². The lowest BCUT2D eigenvalue weighted by molar-refractivity contribution is 0.0944. The summed E-state index contributed by atoms with van der Waals surface area (Å²) in [5.74, 6) is 0.526. The van der Waals surface area contributed by atoms with E-state index < -0.39 is 0 Å². The van der Waals surface area contributed by atoms with Gasteiger partial charge in [0.25, 0.3) is 0 Å². The topological polar surface area (TPSA) is 66.6 Å². The van der Waals surface area contributed by atoms with E-state index in [4.69, 9.17) is 10.8 Å². The van der Waals surface area contributed by atoms with E-state index >= 15 is 0 Å². The van der Waals surface area contributed by atoms with Crippen LogP contribution in [0.15, 0.2) is 6.07 Å². The van der Waals surface area contributed by atoms with Gasteiger partial charge < -0.3 is 15.7 Å². The second kappa shape index (κ2) is 5.92. The number of ketones is 1. The average molecular weight is 282 g/mol. The Balaban J connectivity index is 2.10. The number of rotatable bonds is 4. The molecule has 0 spiro atoms. The summed E-state index contributed by atoms with van der Waals surface area (Å²) in [5, 5.41) is 10.2. The molecule has 19 heavy (non-hydrogen) atoms. The van der Waals surface area contributed by atoms with Crippen molar-refractivity contribution in [1.82, 2.24) is 0 Å². The van der Waals surface area contributed by atoms with Crippen molar-refractivity contribution in [3.63, 3.8) is 0 Å². The fraction of sp³-hybridized carbons (Fsp3) is 0.643. The first-order valence-corrected chi connectivity index (χ1v) is 7.64. The molecule has 0 atom stereocenters. The van der Waals surface area contributed by atoms with Crippen LogP contribution in [0, 0.1) is 11.8 Å². The molecule has 4 nitrogen and oxygen atoms in total. The number of carbonyl (C=O) groups excluding carboxylic acids is 1. The number of nitrogens with zero attached hydrogens (tertiary/aromatic N) is 1. The molecule has 2 rings (SSSR count). The van der Waals surface area contributed by atoms with Crippen LogP contribution in [0.1, 0.15) is 36.4 Å². The van der Waals surface area contributed by atoms with E-state index in [1.54, 1.807) is 0 Å². The molecule has 0 radical (unpaired) electrons. The Hall–Kier alpha value is -1.07. The molecule has 1 aromatic heterocycles. The monoisotopic (exact) mass is 282 g/mol. The van der Waals surface area contributed by atoms with Gasteiger partial charge in [-0.25, -0.2) is 0 Å². The van der Waals surface area contributed by atoms with Gasteiger partial charge in [0.2, 0.25) is 0 Å². The van der Waals surface area contributed by atoms with E-state index in [-0.39, 0.29) is 18.3 Å². The summed E-state index contributed by atoms with van der Waals surface area (Å²) in [5.41, 5.74) is 6.56. The molecule has 5 heteroatoms. The summed E-state index contributed by atoms with van der Waals surface area (Å²) in [4.78, 5) is 15.0. The Morgan fingerprint density at radius 1 is 1.53 bits per heavy atom. The van der Waals surface area contributed by atoms with Crippen LogP contribution in [0.2, 0.25) is 0 Å². The number of carbonyl (C=O) groups is 1. The molecule has 1 saturated heterocycles. The van der Waals surface area contributed by atoms with Gasteiger partial charge in [-0.2, -0.15) is 0 Å². The third-order valence-electron chi connectivity index (χ3n) is 3.68. The largest absolute Gasteiger partial charge is 0.397 e. The van der Waals surface area contributed by atoms with E-state index in [2.05, 4.69) is 4.90 Å². The summed E-state index contributed by atoms with van der Waals surface area (Å²) in [7, 11) is 0. The zero-order chi connectivity index (χ0) is 14.0. The molecule has 1 aliphatic heterocycles. The highest BCUT2D eigenvalue weighted by Crippen LogP contribution is 2.35. The fourth-order valence-electron chi connectivity index (χ4n) is 2.34. The van der Waals surface area contributed by atoms with Crippen LogP contribution >= 0.6 is 11.3 Å². The number of anilines is 2. The normalized spacial score (nSPS) is 17.2. The summed E-state index contributed by atoms with van der Waals surface area (Å²) in [6.07, 6.45) is 2.00. The van der Waals surface area contributed by atoms with Crippen molar-refractivity contribution in [2.24, 2.45) is 11.8 Å². The Kier molecular flexibility index (Phi) is 4.47. The number of hydrogen-bond acceptors (Lipinski definition) is 5. The van der Waals surface area contributed by atoms with Gasteiger partial charge in [-0.15, -0.1) is 11.3 Å². The molecule has 3 N–H and O–H groups in total. The summed E-state index contributed by atoms with van der Waals surface area (Å²) < 4.78 is 0. The first kappa shape index (κ1) is 14.3. The molecule has 1 aliphatic rings. The second-order valence-corrected chi connectivity index (χ2v) is 6.53. The van der Waals surface area contributed by atoms with E-state index in [9.17, 15) is 4.79 Å². The highest BCUT2D eigenvalue weighted by molar-refractivity contribution is 7.18. The average Bonchev–Trinajstić information content (AvgIpc) is 2.80. The summed E-state index contributed by atoms with van der Waals surface area (Å²) in [6.45, 7) is 5.93. The number of piperidine rings is 1. The van der Waals surface area contributed by atoms with Crippen LogP contribution in [-0.4, -0.2) is 30.6 Å². The Morgan fingerprint density at radius 2 is 2.16 bits per heavy atom. The predicted octanol–water partition coefficient (Wildman–Crippen LogP) is 2.38. The highest BCUT2D eigenvalue weighted by atomic mass is 32.1. The fourth-order valence-corrected chi connectivity index (χ4v) is 3.56. The van der Waals surface area contributed by atoms with Crippen LogP contribution in [0.3, 0.4) is 0 Å². The number of hydrogen-bond donors (Lipinski definition) is 2. The molecular weight excluding hydrogens is 260 g/mol. The molecule has 106 valence electrons. The van der Waals surface area contributed by atoms with E-state index in [1.807, 2.05) is 19.9 Å². The molecule has 0 aromatic carbocycles. The SMILES string of the molecule is CC(C)C(=O)c1sc(N2CCC(CO)CC2)cc1N. The molecule has 1 fully saturated rings. The van der Waals surface area contributed by atoms with Gasteiger partial charge in [-0.3, -0.25) is 4.79 Å². The molecule has 0 aliphatic carbocycles.